The molecule has 25 heavy (non-hydrogen) atoms. The van der Waals surface area contributed by atoms with Crippen LogP contribution in [0.2, 0.25) is 0 Å². The van der Waals surface area contributed by atoms with E-state index in [2.05, 4.69) is 22.4 Å². The minimum absolute atomic E-state index is 0.0990. The van der Waals surface area contributed by atoms with Gasteiger partial charge >= 0.3 is 0 Å². The van der Waals surface area contributed by atoms with Crippen LogP contribution in [-0.2, 0) is 29.4 Å². The van der Waals surface area contributed by atoms with Crippen LogP contribution in [-0.4, -0.2) is 14.4 Å². The molecule has 0 saturated heterocycles. The Labute approximate surface area is 148 Å². The summed E-state index contributed by atoms with van der Waals surface area (Å²) in [6.45, 7) is 2.18. The lowest BCUT2D eigenvalue weighted by Crippen LogP contribution is -2.22. The van der Waals surface area contributed by atoms with Gasteiger partial charge in [-0.05, 0) is 72.7 Å². The van der Waals surface area contributed by atoms with E-state index in [4.69, 9.17) is 10.9 Å². The summed E-state index contributed by atoms with van der Waals surface area (Å²) >= 11 is 0. The van der Waals surface area contributed by atoms with Gasteiger partial charge < -0.3 is 11.1 Å². The Kier molecular flexibility index (Phi) is 4.78. The number of aryl methyl sites for hydroxylation is 3. The van der Waals surface area contributed by atoms with Crippen molar-refractivity contribution in [3.8, 4) is 0 Å². The lowest BCUT2D eigenvalue weighted by atomic mass is 10.1. The van der Waals surface area contributed by atoms with Crippen LogP contribution < -0.4 is 16.2 Å². The fourth-order valence-electron chi connectivity index (χ4n) is 3.03. The van der Waals surface area contributed by atoms with Crippen molar-refractivity contribution in [3.63, 3.8) is 0 Å². The van der Waals surface area contributed by atoms with Gasteiger partial charge in [0.2, 0.25) is 10.0 Å². The van der Waals surface area contributed by atoms with Crippen molar-refractivity contribution >= 4 is 21.7 Å². The van der Waals surface area contributed by atoms with E-state index >= 15 is 0 Å². The zero-order chi connectivity index (χ0) is 18.0. The van der Waals surface area contributed by atoms with Gasteiger partial charge in [0.15, 0.2) is 5.96 Å². The maximum absolute atomic E-state index is 11.4. The third-order valence-electron chi connectivity index (χ3n) is 4.43. The Morgan fingerprint density at radius 2 is 1.92 bits per heavy atom. The van der Waals surface area contributed by atoms with Gasteiger partial charge in [0.1, 0.15) is 0 Å². The second kappa shape index (κ2) is 6.85. The van der Waals surface area contributed by atoms with E-state index < -0.39 is 10.0 Å². The summed E-state index contributed by atoms with van der Waals surface area (Å²) < 4.78 is 22.7. The third kappa shape index (κ3) is 4.18. The number of nitrogens with two attached hydrogens (primary N) is 2. The summed E-state index contributed by atoms with van der Waals surface area (Å²) in [5.41, 5.74) is 11.4. The average molecular weight is 358 g/mol. The molecule has 2 aromatic carbocycles. The third-order valence-corrected chi connectivity index (χ3v) is 5.34. The lowest BCUT2D eigenvalue weighted by Gasteiger charge is -2.09. The molecule has 0 saturated carbocycles. The quantitative estimate of drug-likeness (QED) is 0.574. The molecule has 7 heteroatoms. The number of benzene rings is 2. The van der Waals surface area contributed by atoms with Gasteiger partial charge in [0, 0.05) is 5.69 Å². The van der Waals surface area contributed by atoms with Crippen molar-refractivity contribution in [3.05, 3.63) is 58.7 Å². The standard InChI is InChI=1S/C18H22N4O2S/c1-12-9-17(25(20,23)24)8-6-15(12)11-21-18(19)22-16-7-5-13-3-2-4-14(13)10-16/h5-10H,2-4,11H2,1H3,(H3,19,21,22)(H2,20,23,24). The summed E-state index contributed by atoms with van der Waals surface area (Å²) in [6, 6.07) is 11.0. The fourth-order valence-corrected chi connectivity index (χ4v) is 3.63. The van der Waals surface area contributed by atoms with E-state index in [1.807, 2.05) is 13.0 Å². The molecule has 0 amide bonds. The number of hydrogen-bond acceptors (Lipinski definition) is 3. The van der Waals surface area contributed by atoms with Gasteiger partial charge in [-0.2, -0.15) is 0 Å². The Bertz CT molecular complexity index is 936. The molecule has 132 valence electrons. The minimum atomic E-state index is -3.69. The highest BCUT2D eigenvalue weighted by Gasteiger charge is 2.11. The molecule has 0 atom stereocenters. The first-order valence-electron chi connectivity index (χ1n) is 8.14. The first-order chi connectivity index (χ1) is 11.8. The Morgan fingerprint density at radius 3 is 2.64 bits per heavy atom. The van der Waals surface area contributed by atoms with E-state index in [1.54, 1.807) is 12.1 Å². The smallest absolute Gasteiger partial charge is 0.238 e. The molecule has 0 radical (unpaired) electrons. The molecule has 1 aliphatic carbocycles. The van der Waals surface area contributed by atoms with Gasteiger partial charge in [0.25, 0.3) is 0 Å². The van der Waals surface area contributed by atoms with Gasteiger partial charge in [-0.1, -0.05) is 12.1 Å². The molecule has 0 aliphatic heterocycles. The number of aliphatic imine (C=N–C) groups is 1. The molecule has 0 heterocycles. The van der Waals surface area contributed by atoms with Gasteiger partial charge in [0.05, 0.1) is 11.4 Å². The second-order valence-corrected chi connectivity index (χ2v) is 7.86. The molecule has 6 nitrogen and oxygen atoms in total. The Balaban J connectivity index is 1.69. The van der Waals surface area contributed by atoms with Crippen LogP contribution in [0.4, 0.5) is 5.69 Å². The molecule has 0 bridgehead atoms. The molecule has 1 aliphatic rings. The highest BCUT2D eigenvalue weighted by Crippen LogP contribution is 2.24. The minimum Gasteiger partial charge on any atom is -0.370 e. The number of fused-ring (bicyclic) bond motifs is 1. The predicted molar refractivity (Wildman–Crippen MR) is 100.0 cm³/mol. The largest absolute Gasteiger partial charge is 0.370 e. The monoisotopic (exact) mass is 358 g/mol. The van der Waals surface area contributed by atoms with Crippen LogP contribution in [0.5, 0.6) is 0 Å². The van der Waals surface area contributed by atoms with E-state index in [9.17, 15) is 8.42 Å². The summed E-state index contributed by atoms with van der Waals surface area (Å²) in [5.74, 6) is 0.327. The molecule has 0 aromatic heterocycles. The van der Waals surface area contributed by atoms with Crippen molar-refractivity contribution in [2.45, 2.75) is 37.6 Å². The number of guanidine groups is 1. The maximum Gasteiger partial charge on any atom is 0.238 e. The van der Waals surface area contributed by atoms with Crippen molar-refractivity contribution in [2.24, 2.45) is 15.9 Å². The molecule has 0 unspecified atom stereocenters. The van der Waals surface area contributed by atoms with Gasteiger partial charge in [-0.25, -0.2) is 18.5 Å². The van der Waals surface area contributed by atoms with Gasteiger partial charge in [-0.3, -0.25) is 0 Å². The summed E-state index contributed by atoms with van der Waals surface area (Å²) in [5, 5.41) is 8.25. The molecule has 3 rings (SSSR count). The summed E-state index contributed by atoms with van der Waals surface area (Å²) in [7, 11) is -3.69. The Morgan fingerprint density at radius 1 is 1.16 bits per heavy atom. The van der Waals surface area contributed by atoms with Crippen LogP contribution in [0, 0.1) is 6.92 Å². The molecule has 2 aromatic rings. The SMILES string of the molecule is Cc1cc(S(N)(=O)=O)ccc1CN=C(N)Nc1ccc2c(c1)CCC2. The van der Waals surface area contributed by atoms with Crippen LogP contribution in [0.3, 0.4) is 0 Å². The van der Waals surface area contributed by atoms with Crippen LogP contribution in [0.25, 0.3) is 0 Å². The molecule has 0 fully saturated rings. The van der Waals surface area contributed by atoms with E-state index in [0.29, 0.717) is 12.5 Å². The van der Waals surface area contributed by atoms with E-state index in [0.717, 1.165) is 29.7 Å². The number of hydrogen-bond donors (Lipinski definition) is 3. The second-order valence-electron chi connectivity index (χ2n) is 6.30. The first-order valence-corrected chi connectivity index (χ1v) is 9.68. The highest BCUT2D eigenvalue weighted by molar-refractivity contribution is 7.89. The first kappa shape index (κ1) is 17.4. The topological polar surface area (TPSA) is 111 Å². The van der Waals surface area contributed by atoms with Gasteiger partial charge in [-0.15, -0.1) is 0 Å². The van der Waals surface area contributed by atoms with Crippen molar-refractivity contribution < 1.29 is 8.42 Å². The molecule has 5 N–H and O–H groups in total. The Hall–Kier alpha value is -2.38. The summed E-state index contributed by atoms with van der Waals surface area (Å²) in [6.07, 6.45) is 3.46. The normalized spacial score (nSPS) is 14.4. The molecular formula is C18H22N4O2S. The average Bonchev–Trinajstić information content (AvgIpc) is 3.00. The number of sulfonamides is 1. The maximum atomic E-state index is 11.4. The molecule has 0 spiro atoms. The van der Waals surface area contributed by atoms with Crippen molar-refractivity contribution in [2.75, 3.05) is 5.32 Å². The van der Waals surface area contributed by atoms with E-state index in [1.165, 1.54) is 23.6 Å². The zero-order valence-corrected chi connectivity index (χ0v) is 14.9. The van der Waals surface area contributed by atoms with Crippen LogP contribution in [0.1, 0.15) is 28.7 Å². The lowest BCUT2D eigenvalue weighted by molar-refractivity contribution is 0.597. The number of nitrogens with zero attached hydrogens (tertiary/aromatic N) is 1. The van der Waals surface area contributed by atoms with Crippen LogP contribution in [0.15, 0.2) is 46.3 Å². The fraction of sp³-hybridized carbons (Fsp3) is 0.278. The van der Waals surface area contributed by atoms with Crippen molar-refractivity contribution in [1.82, 2.24) is 0 Å². The molecular weight excluding hydrogens is 336 g/mol. The number of primary sulfonamides is 1. The van der Waals surface area contributed by atoms with Crippen molar-refractivity contribution in [1.29, 1.82) is 0 Å². The number of nitrogens with one attached hydrogen (secondary N) is 1. The zero-order valence-electron chi connectivity index (χ0n) is 14.1. The summed E-state index contributed by atoms with van der Waals surface area (Å²) in [4.78, 5) is 4.44. The van der Waals surface area contributed by atoms with Crippen LogP contribution >= 0.6 is 0 Å². The highest BCUT2D eigenvalue weighted by atomic mass is 32.2. The van der Waals surface area contributed by atoms with E-state index in [-0.39, 0.29) is 4.90 Å². The number of anilines is 1. The number of rotatable bonds is 4. The predicted octanol–water partition coefficient (Wildman–Crippen LogP) is 2.06.